The fourth-order valence-electron chi connectivity index (χ4n) is 3.01. The third-order valence-corrected chi connectivity index (χ3v) is 4.65. The van der Waals surface area contributed by atoms with Gasteiger partial charge in [-0.05, 0) is 24.3 Å². The Morgan fingerprint density at radius 2 is 1.97 bits per heavy atom. The first kappa shape index (κ1) is 21.7. The van der Waals surface area contributed by atoms with Gasteiger partial charge in [-0.25, -0.2) is 0 Å². The Labute approximate surface area is 176 Å². The summed E-state index contributed by atoms with van der Waals surface area (Å²) in [6.45, 7) is 0. The van der Waals surface area contributed by atoms with E-state index in [1.807, 2.05) is 6.07 Å². The van der Waals surface area contributed by atoms with Crippen molar-refractivity contribution in [3.63, 3.8) is 0 Å². The molecule has 9 heteroatoms. The molecule has 156 valence electrons. The summed E-state index contributed by atoms with van der Waals surface area (Å²) in [6.07, 6.45) is 0.787. The van der Waals surface area contributed by atoms with Crippen molar-refractivity contribution in [3.8, 4) is 6.07 Å². The van der Waals surface area contributed by atoms with Crippen LogP contribution in [0.25, 0.3) is 0 Å². The minimum absolute atomic E-state index is 0.155. The van der Waals surface area contributed by atoms with Gasteiger partial charge in [0.2, 0.25) is 5.78 Å². The van der Waals surface area contributed by atoms with Gasteiger partial charge in [0.1, 0.15) is 7.05 Å². The highest BCUT2D eigenvalue weighted by Gasteiger charge is 2.38. The van der Waals surface area contributed by atoms with Gasteiger partial charge in [-0.2, -0.15) is 18.4 Å². The SMILES string of the molecule is C[N+]1(c2cccc(C#N)c2)N=CC=C1C(=N)C(=O)C=CNc1cccc(C(F)(F)F)c1. The maximum absolute atomic E-state index is 12.8. The quantitative estimate of drug-likeness (QED) is 0.403. The van der Waals surface area contributed by atoms with Crippen molar-refractivity contribution in [2.75, 3.05) is 12.4 Å². The zero-order valence-electron chi connectivity index (χ0n) is 16.3. The molecule has 0 bridgehead atoms. The lowest BCUT2D eigenvalue weighted by Gasteiger charge is -2.25. The number of ketones is 1. The van der Waals surface area contributed by atoms with Gasteiger partial charge in [0.05, 0.1) is 23.4 Å². The number of nitriles is 1. The number of allylic oxidation sites excluding steroid dienone is 3. The fraction of sp³-hybridized carbons (Fsp3) is 0.0909. The molecule has 3 rings (SSSR count). The van der Waals surface area contributed by atoms with Gasteiger partial charge in [-0.3, -0.25) is 10.2 Å². The maximum atomic E-state index is 12.8. The van der Waals surface area contributed by atoms with Crippen molar-refractivity contribution in [1.29, 1.82) is 10.7 Å². The minimum atomic E-state index is -4.47. The van der Waals surface area contributed by atoms with Crippen LogP contribution in [-0.4, -0.2) is 24.8 Å². The van der Waals surface area contributed by atoms with E-state index in [9.17, 15) is 18.0 Å². The summed E-state index contributed by atoms with van der Waals surface area (Å²) in [5, 5.41) is 24.3. The van der Waals surface area contributed by atoms with Gasteiger partial charge >= 0.3 is 6.18 Å². The summed E-state index contributed by atoms with van der Waals surface area (Å²) < 4.78 is 38.2. The van der Waals surface area contributed by atoms with Crippen LogP contribution >= 0.6 is 0 Å². The maximum Gasteiger partial charge on any atom is 0.416 e. The Balaban J connectivity index is 1.74. The molecular weight excluding hydrogens is 407 g/mol. The molecule has 0 aromatic heterocycles. The van der Waals surface area contributed by atoms with Crippen molar-refractivity contribution in [1.82, 2.24) is 4.59 Å². The van der Waals surface area contributed by atoms with Gasteiger partial charge < -0.3 is 5.32 Å². The summed E-state index contributed by atoms with van der Waals surface area (Å²) in [7, 11) is 1.68. The number of carbonyl (C=O) groups excluding carboxylic acids is 1. The predicted molar refractivity (Wildman–Crippen MR) is 112 cm³/mol. The van der Waals surface area contributed by atoms with E-state index in [4.69, 9.17) is 10.7 Å². The number of quaternary nitrogens is 1. The van der Waals surface area contributed by atoms with E-state index < -0.39 is 17.5 Å². The van der Waals surface area contributed by atoms with Crippen LogP contribution < -0.4 is 9.91 Å². The van der Waals surface area contributed by atoms with E-state index in [1.54, 1.807) is 31.3 Å². The zero-order valence-corrected chi connectivity index (χ0v) is 16.3. The Kier molecular flexibility index (Phi) is 5.86. The monoisotopic (exact) mass is 424 g/mol. The van der Waals surface area contributed by atoms with Crippen molar-refractivity contribution < 1.29 is 18.0 Å². The lowest BCUT2D eigenvalue weighted by atomic mass is 10.1. The number of alkyl halides is 3. The summed E-state index contributed by atoms with van der Waals surface area (Å²) in [4.78, 5) is 12.5. The number of benzene rings is 2. The second kappa shape index (κ2) is 8.38. The highest BCUT2D eigenvalue weighted by molar-refractivity contribution is 6.49. The van der Waals surface area contributed by atoms with Crippen molar-refractivity contribution in [2.24, 2.45) is 5.10 Å². The van der Waals surface area contributed by atoms with Crippen LogP contribution in [0.4, 0.5) is 24.5 Å². The van der Waals surface area contributed by atoms with Crippen LogP contribution in [0.5, 0.6) is 0 Å². The zero-order chi connectivity index (χ0) is 22.6. The average molecular weight is 424 g/mol. The average Bonchev–Trinajstić information content (AvgIpc) is 3.15. The molecular formula is C22H17F3N5O+. The smallest absolute Gasteiger partial charge is 0.362 e. The molecule has 0 spiro atoms. The molecule has 0 aliphatic carbocycles. The Hall–Kier alpha value is -4.03. The Bertz CT molecular complexity index is 1170. The molecule has 0 saturated heterocycles. The van der Waals surface area contributed by atoms with Gasteiger partial charge in [0.15, 0.2) is 17.1 Å². The molecule has 1 unspecified atom stereocenters. The normalized spacial score (nSPS) is 18.0. The van der Waals surface area contributed by atoms with E-state index in [0.717, 1.165) is 18.2 Å². The minimum Gasteiger partial charge on any atom is -0.362 e. The number of nitrogens with one attached hydrogen (secondary N) is 2. The van der Waals surface area contributed by atoms with Crippen molar-refractivity contribution in [2.45, 2.75) is 6.18 Å². The molecule has 0 radical (unpaired) electrons. The number of halogens is 3. The van der Waals surface area contributed by atoms with Crippen LogP contribution in [0, 0.1) is 16.7 Å². The summed E-state index contributed by atoms with van der Waals surface area (Å²) >= 11 is 0. The molecule has 2 aromatic rings. The van der Waals surface area contributed by atoms with E-state index in [1.165, 1.54) is 30.6 Å². The fourth-order valence-corrected chi connectivity index (χ4v) is 3.01. The molecule has 1 aliphatic heterocycles. The van der Waals surface area contributed by atoms with Crippen LogP contribution in [0.15, 0.2) is 77.7 Å². The van der Waals surface area contributed by atoms with Gasteiger partial charge in [0, 0.05) is 36.2 Å². The van der Waals surface area contributed by atoms with Crippen LogP contribution in [0.2, 0.25) is 0 Å². The first-order valence-electron chi connectivity index (χ1n) is 9.02. The van der Waals surface area contributed by atoms with E-state index >= 15 is 0 Å². The number of carbonyl (C=O) groups is 1. The summed E-state index contributed by atoms with van der Waals surface area (Å²) in [5.41, 5.74) is 0.325. The van der Waals surface area contributed by atoms with Crippen molar-refractivity contribution >= 4 is 29.1 Å². The number of anilines is 1. The molecule has 0 fully saturated rings. The Morgan fingerprint density at radius 1 is 1.23 bits per heavy atom. The van der Waals surface area contributed by atoms with Crippen LogP contribution in [0.3, 0.4) is 0 Å². The third kappa shape index (κ3) is 4.60. The first-order valence-corrected chi connectivity index (χ1v) is 9.02. The van der Waals surface area contributed by atoms with E-state index in [2.05, 4.69) is 10.4 Å². The summed E-state index contributed by atoms with van der Waals surface area (Å²) in [5.74, 6) is -0.656. The summed E-state index contributed by atoms with van der Waals surface area (Å²) in [6, 6.07) is 13.3. The van der Waals surface area contributed by atoms with E-state index in [-0.39, 0.29) is 16.0 Å². The predicted octanol–water partition coefficient (Wildman–Crippen LogP) is 4.61. The molecule has 2 aromatic carbocycles. The number of nitrogens with zero attached hydrogens (tertiary/aromatic N) is 3. The van der Waals surface area contributed by atoms with Gasteiger partial charge in [-0.15, -0.1) is 4.59 Å². The van der Waals surface area contributed by atoms with Crippen LogP contribution in [0.1, 0.15) is 11.1 Å². The number of hydrogen-bond acceptors (Lipinski definition) is 5. The standard InChI is InChI=1S/C22H16F3N5O/c1-30(18-7-2-4-15(12-18)14-26)19(8-11-29-30)21(27)20(31)9-10-28-17-6-3-5-16(13-17)22(23,24)25/h2-13,27H,1H3/p+1. The second-order valence-corrected chi connectivity index (χ2v) is 6.73. The van der Waals surface area contributed by atoms with Gasteiger partial charge in [0.25, 0.3) is 0 Å². The highest BCUT2D eigenvalue weighted by atomic mass is 19.4. The van der Waals surface area contributed by atoms with E-state index in [0.29, 0.717) is 16.9 Å². The van der Waals surface area contributed by atoms with Crippen molar-refractivity contribution in [3.05, 3.63) is 83.7 Å². The molecule has 6 nitrogen and oxygen atoms in total. The topological polar surface area (TPSA) is 89.1 Å². The second-order valence-electron chi connectivity index (χ2n) is 6.73. The molecule has 0 amide bonds. The third-order valence-electron chi connectivity index (χ3n) is 4.65. The molecule has 0 saturated carbocycles. The largest absolute Gasteiger partial charge is 0.416 e. The van der Waals surface area contributed by atoms with Crippen LogP contribution in [-0.2, 0) is 11.0 Å². The van der Waals surface area contributed by atoms with Gasteiger partial charge in [-0.1, -0.05) is 17.2 Å². The number of hydrogen-bond donors (Lipinski definition) is 2. The molecule has 1 aliphatic rings. The molecule has 1 atom stereocenters. The lowest BCUT2D eigenvalue weighted by Crippen LogP contribution is -2.41. The molecule has 2 N–H and O–H groups in total. The Morgan fingerprint density at radius 3 is 2.68 bits per heavy atom. The first-order chi connectivity index (χ1) is 14.6. The lowest BCUT2D eigenvalue weighted by molar-refractivity contribution is -0.137. The molecule has 1 heterocycles. The highest BCUT2D eigenvalue weighted by Crippen LogP contribution is 2.32. The number of rotatable bonds is 6. The molecule has 31 heavy (non-hydrogen) atoms.